The number of nitriles is 1. The summed E-state index contributed by atoms with van der Waals surface area (Å²) in [6.07, 6.45) is -3.09. The van der Waals surface area contributed by atoms with Crippen LogP contribution in [-0.2, 0) is 20.6 Å². The van der Waals surface area contributed by atoms with E-state index in [0.717, 1.165) is 0 Å². The Hall–Kier alpha value is -3.21. The smallest absolute Gasteiger partial charge is 0.439 e. The Balaban J connectivity index is 1.51. The number of hydrogen-bond acceptors (Lipinski definition) is 7. The van der Waals surface area contributed by atoms with E-state index in [9.17, 15) is 40.4 Å². The Morgan fingerprint density at radius 3 is 2.27 bits per heavy atom. The normalized spacial score (nSPS) is 24.2. The van der Waals surface area contributed by atoms with Gasteiger partial charge in [0.25, 0.3) is 5.89 Å². The lowest BCUT2D eigenvalue weighted by Gasteiger charge is -2.30. The van der Waals surface area contributed by atoms with Crippen LogP contribution in [0.4, 0.5) is 27.6 Å². The third-order valence-corrected chi connectivity index (χ3v) is 9.50. The number of anilines is 1. The average Bonchev–Trinajstić information content (AvgIpc) is 3.54. The topological polar surface area (TPSA) is 116 Å². The third kappa shape index (κ3) is 5.40. The predicted octanol–water partition coefficient (Wildman–Crippen LogP) is 4.68. The summed E-state index contributed by atoms with van der Waals surface area (Å²) in [4.78, 5) is 18.6. The fourth-order valence-corrected chi connectivity index (χ4v) is 6.52. The summed E-state index contributed by atoms with van der Waals surface area (Å²) < 4.78 is 97.3. The molecule has 1 saturated heterocycles. The lowest BCUT2D eigenvalue weighted by molar-refractivity contribution is -0.297. The first-order chi connectivity index (χ1) is 18.8. The van der Waals surface area contributed by atoms with Gasteiger partial charge in [0.15, 0.2) is 9.84 Å². The third-order valence-electron chi connectivity index (χ3n) is 7.89. The van der Waals surface area contributed by atoms with Crippen LogP contribution in [0.2, 0.25) is 0 Å². The van der Waals surface area contributed by atoms with Crippen LogP contribution in [0.3, 0.4) is 0 Å². The van der Waals surface area contributed by atoms with Gasteiger partial charge in [-0.25, -0.2) is 13.4 Å². The van der Waals surface area contributed by atoms with Crippen LogP contribution < -0.4 is 10.2 Å². The molecule has 40 heavy (non-hydrogen) atoms. The highest BCUT2D eigenvalue weighted by Gasteiger charge is 2.63. The van der Waals surface area contributed by atoms with E-state index in [-0.39, 0.29) is 41.6 Å². The van der Waals surface area contributed by atoms with Gasteiger partial charge in [0.05, 0.1) is 17.6 Å². The standard InChI is InChI=1S/C26H27F5N4O4S/c27-25(28,26(29,30)31)23-33-20(16-5-7-17(8-6-16)35-11-13-40(37,38)14-12-35)21(39-23)18-3-1-2-4-19(18)22(36)34-24(15-32)9-10-24/h5-8,18-19H,1-4,9-14H2,(H,34,36). The maximum absolute atomic E-state index is 14.4. The molecule has 0 radical (unpaired) electrons. The van der Waals surface area contributed by atoms with Crippen LogP contribution >= 0.6 is 0 Å². The molecule has 1 N–H and O–H groups in total. The second-order valence-electron chi connectivity index (χ2n) is 10.7. The van der Waals surface area contributed by atoms with Gasteiger partial charge < -0.3 is 14.6 Å². The Bertz CT molecular complexity index is 1410. The quantitative estimate of drug-likeness (QED) is 0.489. The largest absolute Gasteiger partial charge is 0.463 e. The van der Waals surface area contributed by atoms with Gasteiger partial charge in [0.2, 0.25) is 5.91 Å². The van der Waals surface area contributed by atoms with Crippen molar-refractivity contribution in [2.75, 3.05) is 29.5 Å². The first-order valence-electron chi connectivity index (χ1n) is 13.0. The van der Waals surface area contributed by atoms with Crippen LogP contribution in [0.15, 0.2) is 28.7 Å². The highest BCUT2D eigenvalue weighted by atomic mass is 32.2. The van der Waals surface area contributed by atoms with Crippen LogP contribution in [0.1, 0.15) is 56.1 Å². The molecule has 0 bridgehead atoms. The number of carbonyl (C=O) groups is 1. The lowest BCUT2D eigenvalue weighted by Crippen LogP contribution is -2.42. The Morgan fingerprint density at radius 1 is 1.07 bits per heavy atom. The van der Waals surface area contributed by atoms with Crippen LogP contribution in [0.25, 0.3) is 11.3 Å². The summed E-state index contributed by atoms with van der Waals surface area (Å²) in [6.45, 7) is 0.532. The van der Waals surface area contributed by atoms with Gasteiger partial charge in [0, 0.05) is 36.2 Å². The number of aromatic nitrogens is 1. The number of carbonyl (C=O) groups excluding carboxylic acids is 1. The first kappa shape index (κ1) is 28.3. The number of nitrogens with one attached hydrogen (secondary N) is 1. The van der Waals surface area contributed by atoms with Gasteiger partial charge in [-0.15, -0.1) is 0 Å². The maximum atomic E-state index is 14.4. The molecule has 3 aliphatic rings. The zero-order valence-corrected chi connectivity index (χ0v) is 22.1. The van der Waals surface area contributed by atoms with Gasteiger partial charge in [-0.1, -0.05) is 25.0 Å². The zero-order valence-electron chi connectivity index (χ0n) is 21.3. The number of oxazole rings is 1. The Kier molecular flexibility index (Phi) is 7.09. The van der Waals surface area contributed by atoms with E-state index >= 15 is 0 Å². The number of benzene rings is 1. The number of sulfone groups is 1. The summed E-state index contributed by atoms with van der Waals surface area (Å²) in [5.41, 5.74) is -0.304. The van der Waals surface area contributed by atoms with E-state index in [4.69, 9.17) is 4.42 Å². The summed E-state index contributed by atoms with van der Waals surface area (Å²) >= 11 is 0. The average molecular weight is 587 g/mol. The van der Waals surface area contributed by atoms with Crippen molar-refractivity contribution in [3.63, 3.8) is 0 Å². The molecule has 1 aliphatic heterocycles. The minimum absolute atomic E-state index is 0.0176. The highest BCUT2D eigenvalue weighted by molar-refractivity contribution is 7.91. The van der Waals surface area contributed by atoms with E-state index in [1.807, 2.05) is 4.90 Å². The van der Waals surface area contributed by atoms with Gasteiger partial charge in [-0.05, 0) is 37.8 Å². The molecule has 5 rings (SSSR count). The molecular weight excluding hydrogens is 559 g/mol. The van der Waals surface area contributed by atoms with Crippen LogP contribution in [0, 0.1) is 17.2 Å². The van der Waals surface area contributed by atoms with Crippen molar-refractivity contribution in [1.82, 2.24) is 10.3 Å². The molecule has 8 nitrogen and oxygen atoms in total. The molecule has 1 amide bonds. The number of rotatable bonds is 6. The van der Waals surface area contributed by atoms with Gasteiger partial charge >= 0.3 is 12.1 Å². The van der Waals surface area contributed by atoms with Gasteiger partial charge in [0.1, 0.15) is 17.0 Å². The van der Waals surface area contributed by atoms with E-state index < -0.39 is 51.1 Å². The molecule has 1 aromatic heterocycles. The number of amides is 1. The molecule has 14 heteroatoms. The van der Waals surface area contributed by atoms with E-state index in [1.54, 1.807) is 12.1 Å². The van der Waals surface area contributed by atoms with Crippen molar-refractivity contribution in [3.05, 3.63) is 35.9 Å². The lowest BCUT2D eigenvalue weighted by atomic mass is 9.76. The monoisotopic (exact) mass is 586 g/mol. The fraction of sp³-hybridized carbons (Fsp3) is 0.577. The molecule has 1 aromatic carbocycles. The number of nitrogens with zero attached hydrogens (tertiary/aromatic N) is 3. The predicted molar refractivity (Wildman–Crippen MR) is 133 cm³/mol. The van der Waals surface area contributed by atoms with E-state index in [0.29, 0.717) is 44.2 Å². The molecule has 2 unspecified atom stereocenters. The van der Waals surface area contributed by atoms with Crippen molar-refractivity contribution in [1.29, 1.82) is 5.26 Å². The van der Waals surface area contributed by atoms with Crippen molar-refractivity contribution >= 4 is 21.4 Å². The molecule has 216 valence electrons. The summed E-state index contributed by atoms with van der Waals surface area (Å²) in [6, 6.07) is 8.29. The van der Waals surface area contributed by atoms with Gasteiger partial charge in [-0.2, -0.15) is 27.2 Å². The number of alkyl halides is 5. The molecule has 2 heterocycles. The van der Waals surface area contributed by atoms with Crippen molar-refractivity contribution in [2.45, 2.75) is 62.1 Å². The SMILES string of the molecule is N#CC1(NC(=O)C2CCCCC2c2oc(C(F)(F)C(F)(F)F)nc2-c2ccc(N3CCS(=O)(=O)CC3)cc2)CC1. The molecule has 0 spiro atoms. The molecule has 3 fully saturated rings. The van der Waals surface area contributed by atoms with Gasteiger partial charge in [-0.3, -0.25) is 4.79 Å². The Morgan fingerprint density at radius 2 is 1.70 bits per heavy atom. The molecule has 2 saturated carbocycles. The molecule has 2 aliphatic carbocycles. The Labute approximate surface area is 227 Å². The summed E-state index contributed by atoms with van der Waals surface area (Å²) in [5.74, 6) is -9.50. The second-order valence-corrected chi connectivity index (χ2v) is 13.0. The second kappa shape index (κ2) is 10.0. The zero-order chi connectivity index (χ0) is 28.9. The fourth-order valence-electron chi connectivity index (χ4n) is 5.32. The molecular formula is C26H27F5N4O4S. The molecule has 2 aromatic rings. The van der Waals surface area contributed by atoms with Crippen molar-refractivity contribution in [2.24, 2.45) is 5.92 Å². The van der Waals surface area contributed by atoms with Crippen LogP contribution in [-0.4, -0.2) is 55.6 Å². The van der Waals surface area contributed by atoms with Crippen molar-refractivity contribution in [3.8, 4) is 17.3 Å². The molecule has 2 atom stereocenters. The minimum Gasteiger partial charge on any atom is -0.439 e. The minimum atomic E-state index is -5.95. The number of hydrogen-bond donors (Lipinski definition) is 1. The number of halogens is 5. The van der Waals surface area contributed by atoms with E-state index in [1.165, 1.54) is 12.1 Å². The maximum Gasteiger partial charge on any atom is 0.463 e. The van der Waals surface area contributed by atoms with Crippen molar-refractivity contribution < 1.29 is 39.6 Å². The van der Waals surface area contributed by atoms with Crippen LogP contribution in [0.5, 0.6) is 0 Å². The first-order valence-corrected chi connectivity index (χ1v) is 14.8. The van der Waals surface area contributed by atoms with E-state index in [2.05, 4.69) is 16.4 Å². The summed E-state index contributed by atoms with van der Waals surface area (Å²) in [7, 11) is -3.12. The summed E-state index contributed by atoms with van der Waals surface area (Å²) in [5, 5.41) is 12.1. The highest BCUT2D eigenvalue weighted by Crippen LogP contribution is 2.49.